The van der Waals surface area contributed by atoms with Gasteiger partial charge in [0.25, 0.3) is 0 Å². The molecule has 2 atom stereocenters. The number of fused-ring (bicyclic) bond motifs is 1. The third-order valence-corrected chi connectivity index (χ3v) is 6.75. The standard InChI is InChI=1S/C33H31N/c1-25-10-5-6-11-26(25)14-9-17-33(30-19-18-27-12-7-8-13-29(27)24-30)28-20-22-32(23-21-28)34-31-15-3-2-4-16-31/h2-5,7-10,12-13,15-24,26,33-34H,1,6,11,14H2/b17-9+. The molecule has 0 aliphatic heterocycles. The van der Waals surface area contributed by atoms with Gasteiger partial charge in [-0.1, -0.05) is 109 Å². The highest BCUT2D eigenvalue weighted by molar-refractivity contribution is 5.83. The van der Waals surface area contributed by atoms with Crippen molar-refractivity contribution in [3.05, 3.63) is 145 Å². The average molecular weight is 442 g/mol. The second-order valence-corrected chi connectivity index (χ2v) is 9.11. The Labute approximate surface area is 203 Å². The van der Waals surface area contributed by atoms with E-state index in [0.717, 1.165) is 24.2 Å². The van der Waals surface area contributed by atoms with Gasteiger partial charge in [0, 0.05) is 17.3 Å². The minimum atomic E-state index is 0.211. The first-order valence-corrected chi connectivity index (χ1v) is 12.2. The first kappa shape index (κ1) is 22.0. The molecule has 1 heteroatoms. The third-order valence-electron chi connectivity index (χ3n) is 6.75. The highest BCUT2D eigenvalue weighted by Gasteiger charge is 2.15. The summed E-state index contributed by atoms with van der Waals surface area (Å²) in [6, 6.07) is 34.6. The summed E-state index contributed by atoms with van der Waals surface area (Å²) in [4.78, 5) is 0. The summed E-state index contributed by atoms with van der Waals surface area (Å²) in [7, 11) is 0. The van der Waals surface area contributed by atoms with E-state index in [1.54, 1.807) is 0 Å². The van der Waals surface area contributed by atoms with Gasteiger partial charge < -0.3 is 5.32 Å². The fourth-order valence-electron chi connectivity index (χ4n) is 4.78. The Bertz CT molecular complexity index is 1310. The molecule has 0 saturated carbocycles. The number of hydrogen-bond donors (Lipinski definition) is 1. The van der Waals surface area contributed by atoms with Gasteiger partial charge in [0.15, 0.2) is 0 Å². The summed E-state index contributed by atoms with van der Waals surface area (Å²) in [5, 5.41) is 6.05. The Balaban J connectivity index is 1.42. The van der Waals surface area contributed by atoms with Gasteiger partial charge in [0.05, 0.1) is 0 Å². The van der Waals surface area contributed by atoms with Gasteiger partial charge in [-0.25, -0.2) is 0 Å². The van der Waals surface area contributed by atoms with Crippen LogP contribution in [0, 0.1) is 5.92 Å². The van der Waals surface area contributed by atoms with Crippen LogP contribution in [0.4, 0.5) is 11.4 Å². The van der Waals surface area contributed by atoms with Crippen LogP contribution in [0.25, 0.3) is 10.8 Å². The van der Waals surface area contributed by atoms with E-state index in [4.69, 9.17) is 0 Å². The summed E-state index contributed by atoms with van der Waals surface area (Å²) in [5.74, 6) is 0.763. The van der Waals surface area contributed by atoms with E-state index in [0.29, 0.717) is 5.92 Å². The summed E-state index contributed by atoms with van der Waals surface area (Å²) in [6.07, 6.45) is 12.6. The van der Waals surface area contributed by atoms with E-state index in [1.165, 1.54) is 33.9 Å². The quantitative estimate of drug-likeness (QED) is 0.282. The van der Waals surface area contributed by atoms with Crippen LogP contribution >= 0.6 is 0 Å². The molecule has 0 spiro atoms. The molecule has 2 unspecified atom stereocenters. The van der Waals surface area contributed by atoms with Crippen LogP contribution < -0.4 is 5.32 Å². The number of anilines is 2. The van der Waals surface area contributed by atoms with Crippen LogP contribution in [-0.4, -0.2) is 0 Å². The monoisotopic (exact) mass is 441 g/mol. The molecule has 0 fully saturated rings. The second kappa shape index (κ2) is 10.4. The molecule has 4 aromatic carbocycles. The van der Waals surface area contributed by atoms with Crippen LogP contribution in [0.15, 0.2) is 134 Å². The first-order chi connectivity index (χ1) is 16.8. The largest absolute Gasteiger partial charge is 0.356 e. The molecule has 0 bridgehead atoms. The summed E-state index contributed by atoms with van der Waals surface area (Å²) in [6.45, 7) is 4.26. The van der Waals surface area contributed by atoms with Gasteiger partial charge in [0.1, 0.15) is 0 Å². The van der Waals surface area contributed by atoms with Crippen molar-refractivity contribution in [1.82, 2.24) is 0 Å². The fourth-order valence-corrected chi connectivity index (χ4v) is 4.78. The van der Waals surface area contributed by atoms with E-state index < -0.39 is 0 Å². The fraction of sp³-hybridized carbons (Fsp3) is 0.152. The molecule has 0 aromatic heterocycles. The highest BCUT2D eigenvalue weighted by atomic mass is 14.9. The van der Waals surface area contributed by atoms with Crippen LogP contribution in [0.5, 0.6) is 0 Å². The lowest BCUT2D eigenvalue weighted by Gasteiger charge is -2.20. The molecular formula is C33H31N. The van der Waals surface area contributed by atoms with Crippen LogP contribution in [0.2, 0.25) is 0 Å². The molecule has 1 nitrogen and oxygen atoms in total. The summed E-state index contributed by atoms with van der Waals surface area (Å²) in [5.41, 5.74) is 6.08. The number of rotatable bonds is 7. The molecule has 1 aliphatic carbocycles. The minimum absolute atomic E-state index is 0.211. The molecule has 1 aliphatic rings. The Morgan fingerprint density at radius 1 is 0.794 bits per heavy atom. The van der Waals surface area contributed by atoms with E-state index in [1.807, 2.05) is 18.2 Å². The highest BCUT2D eigenvalue weighted by Crippen LogP contribution is 2.32. The van der Waals surface area contributed by atoms with Crippen LogP contribution in [0.3, 0.4) is 0 Å². The molecule has 0 amide bonds. The number of allylic oxidation sites excluding steroid dienone is 5. The lowest BCUT2D eigenvalue weighted by molar-refractivity contribution is 0.571. The maximum absolute atomic E-state index is 4.26. The van der Waals surface area contributed by atoms with E-state index in [-0.39, 0.29) is 5.92 Å². The summed E-state index contributed by atoms with van der Waals surface area (Å²) < 4.78 is 0. The molecule has 0 saturated heterocycles. The Morgan fingerprint density at radius 2 is 1.50 bits per heavy atom. The van der Waals surface area contributed by atoms with Crippen molar-refractivity contribution in [2.24, 2.45) is 5.92 Å². The van der Waals surface area contributed by atoms with Gasteiger partial charge in [-0.3, -0.25) is 0 Å². The van der Waals surface area contributed by atoms with Gasteiger partial charge in [-0.05, 0) is 71.3 Å². The molecule has 5 rings (SSSR count). The van der Waals surface area contributed by atoms with Gasteiger partial charge in [0.2, 0.25) is 0 Å². The van der Waals surface area contributed by atoms with Crippen LogP contribution in [-0.2, 0) is 0 Å². The van der Waals surface area contributed by atoms with Crippen molar-refractivity contribution in [2.45, 2.75) is 25.2 Å². The van der Waals surface area contributed by atoms with E-state index in [9.17, 15) is 0 Å². The maximum Gasteiger partial charge on any atom is 0.0384 e. The van der Waals surface area contributed by atoms with Gasteiger partial charge >= 0.3 is 0 Å². The third kappa shape index (κ3) is 5.21. The molecule has 0 radical (unpaired) electrons. The SMILES string of the molecule is C=C1C=CCCC1C/C=C/C(c1ccc(Nc2ccccc2)cc1)c1ccc2ccccc2c1. The van der Waals surface area contributed by atoms with Crippen molar-refractivity contribution < 1.29 is 0 Å². The Morgan fingerprint density at radius 3 is 2.29 bits per heavy atom. The van der Waals surface area contributed by atoms with Gasteiger partial charge in [-0.15, -0.1) is 0 Å². The number of benzene rings is 4. The number of nitrogens with one attached hydrogen (secondary N) is 1. The Kier molecular flexibility index (Phi) is 6.72. The molecule has 4 aromatic rings. The number of hydrogen-bond acceptors (Lipinski definition) is 1. The van der Waals surface area contributed by atoms with Crippen LogP contribution in [0.1, 0.15) is 36.3 Å². The average Bonchev–Trinajstić information content (AvgIpc) is 2.89. The maximum atomic E-state index is 4.26. The van der Waals surface area contributed by atoms with Crippen molar-refractivity contribution in [3.8, 4) is 0 Å². The lowest BCUT2D eigenvalue weighted by atomic mass is 9.85. The van der Waals surface area contributed by atoms with Crippen molar-refractivity contribution in [1.29, 1.82) is 0 Å². The molecular weight excluding hydrogens is 410 g/mol. The molecule has 0 heterocycles. The molecule has 1 N–H and O–H groups in total. The summed E-state index contributed by atoms with van der Waals surface area (Å²) >= 11 is 0. The zero-order chi connectivity index (χ0) is 23.2. The van der Waals surface area contributed by atoms with E-state index in [2.05, 4.69) is 115 Å². The zero-order valence-corrected chi connectivity index (χ0v) is 19.5. The number of para-hydroxylation sites is 1. The first-order valence-electron chi connectivity index (χ1n) is 12.2. The molecule has 168 valence electrons. The second-order valence-electron chi connectivity index (χ2n) is 9.11. The molecule has 34 heavy (non-hydrogen) atoms. The van der Waals surface area contributed by atoms with Gasteiger partial charge in [-0.2, -0.15) is 0 Å². The van der Waals surface area contributed by atoms with E-state index >= 15 is 0 Å². The lowest BCUT2D eigenvalue weighted by Crippen LogP contribution is -2.04. The smallest absolute Gasteiger partial charge is 0.0384 e. The minimum Gasteiger partial charge on any atom is -0.356 e. The predicted octanol–water partition coefficient (Wildman–Crippen LogP) is 9.18. The van der Waals surface area contributed by atoms with Crippen molar-refractivity contribution in [3.63, 3.8) is 0 Å². The zero-order valence-electron chi connectivity index (χ0n) is 19.5. The Hall–Kier alpha value is -3.84. The normalized spacial score (nSPS) is 16.7. The predicted molar refractivity (Wildman–Crippen MR) is 147 cm³/mol. The van der Waals surface area contributed by atoms with Crippen molar-refractivity contribution in [2.75, 3.05) is 5.32 Å². The topological polar surface area (TPSA) is 12.0 Å². The van der Waals surface area contributed by atoms with Crippen molar-refractivity contribution >= 4 is 22.1 Å².